The van der Waals surface area contributed by atoms with E-state index in [4.69, 9.17) is 4.74 Å². The largest absolute Gasteiger partial charge is 0.481 e. The van der Waals surface area contributed by atoms with E-state index in [-0.39, 0.29) is 16.7 Å². The van der Waals surface area contributed by atoms with Crippen molar-refractivity contribution in [3.05, 3.63) is 41.8 Å². The van der Waals surface area contributed by atoms with Crippen LogP contribution in [0.1, 0.15) is 5.69 Å². The molecule has 106 valence electrons. The Hall–Kier alpha value is -2.22. The summed E-state index contributed by atoms with van der Waals surface area (Å²) in [5.41, 5.74) is 0.550. The number of anilines is 1. The van der Waals surface area contributed by atoms with Gasteiger partial charge in [-0.05, 0) is 31.2 Å². The van der Waals surface area contributed by atoms with E-state index < -0.39 is 15.8 Å². The first-order chi connectivity index (χ1) is 9.40. The zero-order valence-corrected chi connectivity index (χ0v) is 11.6. The molecule has 0 saturated carbocycles. The molecule has 0 aliphatic rings. The maximum atomic E-state index is 12.8. The number of sulfonamides is 1. The van der Waals surface area contributed by atoms with Gasteiger partial charge in [-0.15, -0.1) is 0 Å². The fourth-order valence-corrected chi connectivity index (χ4v) is 2.43. The fraction of sp³-hybridized carbons (Fsp3) is 0.167. The SMILES string of the molecule is COc1cc(C)nc(NS(=O)(=O)c2ccc(F)cc2)n1. The highest BCUT2D eigenvalue weighted by atomic mass is 32.2. The number of hydrogen-bond donors (Lipinski definition) is 1. The summed E-state index contributed by atoms with van der Waals surface area (Å²) < 4.78 is 44.1. The van der Waals surface area contributed by atoms with Crippen molar-refractivity contribution in [2.75, 3.05) is 11.8 Å². The van der Waals surface area contributed by atoms with Crippen molar-refractivity contribution in [2.45, 2.75) is 11.8 Å². The molecule has 0 bridgehead atoms. The van der Waals surface area contributed by atoms with Gasteiger partial charge in [0.1, 0.15) is 5.82 Å². The average Bonchev–Trinajstić information content (AvgIpc) is 2.37. The van der Waals surface area contributed by atoms with E-state index in [0.717, 1.165) is 24.3 Å². The third-order valence-electron chi connectivity index (χ3n) is 2.39. The molecule has 2 rings (SSSR count). The van der Waals surface area contributed by atoms with Crippen molar-refractivity contribution < 1.29 is 17.5 Å². The Morgan fingerprint density at radius 1 is 1.20 bits per heavy atom. The van der Waals surface area contributed by atoms with Gasteiger partial charge in [-0.3, -0.25) is 0 Å². The highest BCUT2D eigenvalue weighted by Gasteiger charge is 2.16. The summed E-state index contributed by atoms with van der Waals surface area (Å²) in [5.74, 6) is -0.377. The number of hydrogen-bond acceptors (Lipinski definition) is 5. The number of halogens is 1. The van der Waals surface area contributed by atoms with Crippen LogP contribution in [0.2, 0.25) is 0 Å². The van der Waals surface area contributed by atoms with Crippen LogP contribution in [0.15, 0.2) is 35.2 Å². The maximum Gasteiger partial charge on any atom is 0.264 e. The second kappa shape index (κ2) is 5.41. The summed E-state index contributed by atoms with van der Waals surface area (Å²) in [6.07, 6.45) is 0. The minimum atomic E-state index is -3.87. The molecule has 0 radical (unpaired) electrons. The lowest BCUT2D eigenvalue weighted by atomic mass is 10.4. The number of aromatic nitrogens is 2. The third kappa shape index (κ3) is 3.21. The monoisotopic (exact) mass is 297 g/mol. The van der Waals surface area contributed by atoms with E-state index >= 15 is 0 Å². The number of benzene rings is 1. The number of nitrogens with zero attached hydrogens (tertiary/aromatic N) is 2. The van der Waals surface area contributed by atoms with E-state index in [2.05, 4.69) is 14.7 Å². The maximum absolute atomic E-state index is 12.8. The summed E-state index contributed by atoms with van der Waals surface area (Å²) in [6.45, 7) is 1.68. The van der Waals surface area contributed by atoms with Crippen molar-refractivity contribution in [1.29, 1.82) is 0 Å². The first kappa shape index (κ1) is 14.2. The number of rotatable bonds is 4. The molecule has 1 heterocycles. The highest BCUT2D eigenvalue weighted by Crippen LogP contribution is 2.16. The second-order valence-corrected chi connectivity index (χ2v) is 5.62. The average molecular weight is 297 g/mol. The van der Waals surface area contributed by atoms with Crippen LogP contribution in [0, 0.1) is 12.7 Å². The predicted molar refractivity (Wildman–Crippen MR) is 70.5 cm³/mol. The lowest BCUT2D eigenvalue weighted by Gasteiger charge is -2.08. The Morgan fingerprint density at radius 2 is 1.85 bits per heavy atom. The van der Waals surface area contributed by atoms with Gasteiger partial charge in [0.15, 0.2) is 0 Å². The predicted octanol–water partition coefficient (Wildman–Crippen LogP) is 1.73. The Balaban J connectivity index is 2.33. The van der Waals surface area contributed by atoms with Crippen LogP contribution in [0.25, 0.3) is 0 Å². The number of nitrogens with one attached hydrogen (secondary N) is 1. The van der Waals surface area contributed by atoms with Gasteiger partial charge in [0, 0.05) is 11.8 Å². The molecule has 6 nitrogen and oxygen atoms in total. The lowest BCUT2D eigenvalue weighted by molar-refractivity contribution is 0.397. The van der Waals surface area contributed by atoms with E-state index in [9.17, 15) is 12.8 Å². The molecule has 1 N–H and O–H groups in total. The molecular formula is C12H12FN3O3S. The number of ether oxygens (including phenoxy) is 1. The molecule has 0 spiro atoms. The van der Waals surface area contributed by atoms with Crippen molar-refractivity contribution in [2.24, 2.45) is 0 Å². The van der Waals surface area contributed by atoms with Gasteiger partial charge in [0.25, 0.3) is 10.0 Å². The van der Waals surface area contributed by atoms with Gasteiger partial charge in [-0.2, -0.15) is 4.98 Å². The van der Waals surface area contributed by atoms with Gasteiger partial charge in [-0.25, -0.2) is 22.5 Å². The third-order valence-corrected chi connectivity index (χ3v) is 3.73. The fourth-order valence-electron chi connectivity index (χ4n) is 1.48. The molecule has 0 saturated heterocycles. The van der Waals surface area contributed by atoms with Gasteiger partial charge in [0.2, 0.25) is 11.8 Å². The molecular weight excluding hydrogens is 285 g/mol. The molecule has 0 aliphatic heterocycles. The molecule has 0 amide bonds. The van der Waals surface area contributed by atoms with E-state index in [0.29, 0.717) is 5.69 Å². The smallest absolute Gasteiger partial charge is 0.264 e. The first-order valence-corrected chi connectivity index (χ1v) is 7.07. The molecule has 1 aromatic heterocycles. The summed E-state index contributed by atoms with van der Waals surface area (Å²) in [4.78, 5) is 7.76. The number of methoxy groups -OCH3 is 1. The molecule has 1 aromatic carbocycles. The quantitative estimate of drug-likeness (QED) is 0.929. The molecule has 0 aliphatic carbocycles. The lowest BCUT2D eigenvalue weighted by Crippen LogP contribution is -2.15. The van der Waals surface area contributed by atoms with E-state index in [1.165, 1.54) is 7.11 Å². The van der Waals surface area contributed by atoms with Crippen molar-refractivity contribution in [3.8, 4) is 5.88 Å². The Bertz CT molecular complexity index is 717. The van der Waals surface area contributed by atoms with Gasteiger partial charge in [0.05, 0.1) is 12.0 Å². The minimum absolute atomic E-state index is 0.0806. The Labute approximate surface area is 115 Å². The van der Waals surface area contributed by atoms with Crippen LogP contribution in [-0.4, -0.2) is 25.5 Å². The molecule has 0 atom stereocenters. The molecule has 2 aromatic rings. The first-order valence-electron chi connectivity index (χ1n) is 5.59. The second-order valence-electron chi connectivity index (χ2n) is 3.93. The van der Waals surface area contributed by atoms with Crippen LogP contribution in [0.5, 0.6) is 5.88 Å². The summed E-state index contributed by atoms with van der Waals surface area (Å²) in [5, 5.41) is 0. The van der Waals surface area contributed by atoms with Crippen molar-refractivity contribution >= 4 is 16.0 Å². The van der Waals surface area contributed by atoms with Gasteiger partial charge < -0.3 is 4.74 Å². The summed E-state index contributed by atoms with van der Waals surface area (Å²) >= 11 is 0. The molecule has 0 unspecified atom stereocenters. The van der Waals surface area contributed by atoms with E-state index in [1.807, 2.05) is 0 Å². The van der Waals surface area contributed by atoms with Crippen LogP contribution in [0.4, 0.5) is 10.3 Å². The van der Waals surface area contributed by atoms with Crippen LogP contribution < -0.4 is 9.46 Å². The summed E-state index contributed by atoms with van der Waals surface area (Å²) in [6, 6.07) is 6.00. The highest BCUT2D eigenvalue weighted by molar-refractivity contribution is 7.92. The normalized spacial score (nSPS) is 11.2. The zero-order chi connectivity index (χ0) is 14.8. The Morgan fingerprint density at radius 3 is 2.45 bits per heavy atom. The van der Waals surface area contributed by atoms with Crippen LogP contribution in [0.3, 0.4) is 0 Å². The zero-order valence-electron chi connectivity index (χ0n) is 10.8. The Kier molecular flexibility index (Phi) is 3.84. The van der Waals surface area contributed by atoms with Crippen molar-refractivity contribution in [1.82, 2.24) is 9.97 Å². The standard InChI is InChI=1S/C12H12FN3O3S/c1-8-7-11(19-2)15-12(14-8)16-20(17,18)10-5-3-9(13)4-6-10/h3-7H,1-2H3,(H,14,15,16). The van der Waals surface area contributed by atoms with Gasteiger partial charge >= 0.3 is 0 Å². The van der Waals surface area contributed by atoms with E-state index in [1.54, 1.807) is 13.0 Å². The van der Waals surface area contributed by atoms with Crippen LogP contribution >= 0.6 is 0 Å². The molecule has 20 heavy (non-hydrogen) atoms. The summed E-state index contributed by atoms with van der Waals surface area (Å²) in [7, 11) is -2.45. The van der Waals surface area contributed by atoms with Gasteiger partial charge in [-0.1, -0.05) is 0 Å². The van der Waals surface area contributed by atoms with Crippen LogP contribution in [-0.2, 0) is 10.0 Å². The number of aryl methyl sites for hydroxylation is 1. The topological polar surface area (TPSA) is 81.2 Å². The van der Waals surface area contributed by atoms with Crippen molar-refractivity contribution in [3.63, 3.8) is 0 Å². The molecule has 8 heteroatoms. The molecule has 0 fully saturated rings. The minimum Gasteiger partial charge on any atom is -0.481 e.